The van der Waals surface area contributed by atoms with E-state index < -0.39 is 0 Å². The van der Waals surface area contributed by atoms with Crippen molar-refractivity contribution in [1.82, 2.24) is 10.3 Å². The molecule has 108 valence electrons. The van der Waals surface area contributed by atoms with Crippen LogP contribution in [0.4, 0.5) is 0 Å². The Balaban J connectivity index is 2.31. The minimum Gasteiger partial charge on any atom is -0.302 e. The molecule has 3 nitrogen and oxygen atoms in total. The van der Waals surface area contributed by atoms with Gasteiger partial charge < -0.3 is 4.90 Å². The fourth-order valence-electron chi connectivity index (χ4n) is 3.24. The largest absolute Gasteiger partial charge is 0.302 e. The van der Waals surface area contributed by atoms with E-state index >= 15 is 0 Å². The van der Waals surface area contributed by atoms with E-state index in [2.05, 4.69) is 37.4 Å². The molecule has 1 fully saturated rings. The van der Waals surface area contributed by atoms with Crippen molar-refractivity contribution in [2.75, 3.05) is 14.1 Å². The second-order valence-corrected chi connectivity index (χ2v) is 7.67. The van der Waals surface area contributed by atoms with Gasteiger partial charge in [-0.15, -0.1) is 11.3 Å². The third-order valence-corrected chi connectivity index (χ3v) is 5.91. The summed E-state index contributed by atoms with van der Waals surface area (Å²) in [6.45, 7) is 2.34. The van der Waals surface area contributed by atoms with Gasteiger partial charge in [0, 0.05) is 10.4 Å². The molecule has 1 aliphatic rings. The maximum atomic E-state index is 6.08. The zero-order chi connectivity index (χ0) is 14.0. The van der Waals surface area contributed by atoms with Gasteiger partial charge in [-0.2, -0.15) is 0 Å². The number of halogens is 1. The molecular weight excluding hydrogens is 278 g/mol. The number of nitrogens with two attached hydrogens (primary N) is 1. The highest BCUT2D eigenvalue weighted by Crippen LogP contribution is 2.45. The zero-order valence-electron chi connectivity index (χ0n) is 11.9. The van der Waals surface area contributed by atoms with Crippen LogP contribution >= 0.6 is 22.9 Å². The topological polar surface area (TPSA) is 41.3 Å². The van der Waals surface area contributed by atoms with Crippen molar-refractivity contribution in [3.8, 4) is 0 Å². The Labute approximate surface area is 125 Å². The van der Waals surface area contributed by atoms with Crippen molar-refractivity contribution in [2.24, 2.45) is 11.8 Å². The molecule has 1 aliphatic carbocycles. The number of hydrogen-bond acceptors (Lipinski definition) is 4. The van der Waals surface area contributed by atoms with Crippen molar-refractivity contribution in [1.29, 1.82) is 0 Å². The predicted molar refractivity (Wildman–Crippen MR) is 83.4 cm³/mol. The molecule has 1 atom stereocenters. The lowest BCUT2D eigenvalue weighted by Crippen LogP contribution is -2.56. The molecule has 2 rings (SSSR count). The monoisotopic (exact) mass is 301 g/mol. The maximum Gasteiger partial charge on any atom is 0.0931 e. The number of rotatable bonds is 4. The predicted octanol–water partition coefficient (Wildman–Crippen LogP) is 3.42. The molecule has 19 heavy (non-hydrogen) atoms. The Morgan fingerprint density at radius 3 is 2.47 bits per heavy atom. The summed E-state index contributed by atoms with van der Waals surface area (Å²) in [5.74, 6) is 6.71. The molecule has 1 heterocycles. The van der Waals surface area contributed by atoms with E-state index in [1.807, 2.05) is 6.07 Å². The van der Waals surface area contributed by atoms with Gasteiger partial charge in [0.25, 0.3) is 0 Å². The molecule has 3 N–H and O–H groups in total. The Morgan fingerprint density at radius 2 is 2.05 bits per heavy atom. The summed E-state index contributed by atoms with van der Waals surface area (Å²) in [5.41, 5.74) is 3.14. The quantitative estimate of drug-likeness (QED) is 0.661. The van der Waals surface area contributed by atoms with Gasteiger partial charge in [0.05, 0.1) is 10.4 Å². The van der Waals surface area contributed by atoms with Crippen molar-refractivity contribution in [2.45, 2.75) is 44.2 Å². The Morgan fingerprint density at radius 1 is 1.42 bits per heavy atom. The van der Waals surface area contributed by atoms with Crippen molar-refractivity contribution < 1.29 is 0 Å². The molecule has 0 saturated heterocycles. The number of hydrogen-bond donors (Lipinski definition) is 2. The number of hydrazine groups is 1. The smallest absolute Gasteiger partial charge is 0.0931 e. The van der Waals surface area contributed by atoms with Crippen LogP contribution in [0.15, 0.2) is 12.1 Å². The first kappa shape index (κ1) is 15.3. The molecule has 1 saturated carbocycles. The van der Waals surface area contributed by atoms with Crippen LogP contribution in [-0.4, -0.2) is 24.5 Å². The molecule has 1 aromatic heterocycles. The average molecular weight is 302 g/mol. The van der Waals surface area contributed by atoms with Gasteiger partial charge >= 0.3 is 0 Å². The lowest BCUT2D eigenvalue weighted by Gasteiger charge is -2.49. The molecular formula is C14H24ClN3S. The average Bonchev–Trinajstić information content (AvgIpc) is 2.79. The highest BCUT2D eigenvalue weighted by atomic mass is 35.5. The molecule has 0 bridgehead atoms. The van der Waals surface area contributed by atoms with Gasteiger partial charge in [0.2, 0.25) is 0 Å². The van der Waals surface area contributed by atoms with E-state index in [4.69, 9.17) is 17.4 Å². The Kier molecular flexibility index (Phi) is 4.90. The summed E-state index contributed by atoms with van der Waals surface area (Å²) >= 11 is 7.71. The number of nitrogens with one attached hydrogen (secondary N) is 1. The number of thiophene rings is 1. The zero-order valence-corrected chi connectivity index (χ0v) is 13.5. The second-order valence-electron chi connectivity index (χ2n) is 5.92. The van der Waals surface area contributed by atoms with Gasteiger partial charge in [-0.05, 0) is 57.8 Å². The summed E-state index contributed by atoms with van der Waals surface area (Å²) in [6, 6.07) is 4.20. The van der Waals surface area contributed by atoms with Crippen LogP contribution in [0.5, 0.6) is 0 Å². The van der Waals surface area contributed by atoms with Gasteiger partial charge in [0.15, 0.2) is 0 Å². The number of likely N-dealkylation sites (N-methyl/N-ethyl adjacent to an activating group) is 1. The molecule has 0 radical (unpaired) electrons. The molecule has 0 amide bonds. The maximum absolute atomic E-state index is 6.08. The van der Waals surface area contributed by atoms with Crippen LogP contribution in [0, 0.1) is 5.92 Å². The summed E-state index contributed by atoms with van der Waals surface area (Å²) in [7, 11) is 4.32. The Bertz CT molecular complexity index is 411. The first-order valence-corrected chi connectivity index (χ1v) is 8.08. The summed E-state index contributed by atoms with van der Waals surface area (Å²) in [6.07, 6.45) is 4.86. The van der Waals surface area contributed by atoms with Gasteiger partial charge in [-0.3, -0.25) is 11.3 Å². The lowest BCUT2D eigenvalue weighted by atomic mass is 9.72. The van der Waals surface area contributed by atoms with Gasteiger partial charge in [-0.25, -0.2) is 0 Å². The summed E-state index contributed by atoms with van der Waals surface area (Å²) < 4.78 is 0.827. The molecule has 1 unspecified atom stereocenters. The van der Waals surface area contributed by atoms with Crippen LogP contribution in [0.2, 0.25) is 4.34 Å². The van der Waals surface area contributed by atoms with E-state index in [-0.39, 0.29) is 11.6 Å². The number of nitrogens with zero attached hydrogens (tertiary/aromatic N) is 1. The highest BCUT2D eigenvalue weighted by molar-refractivity contribution is 7.16. The fraction of sp³-hybridized carbons (Fsp3) is 0.714. The van der Waals surface area contributed by atoms with Crippen LogP contribution < -0.4 is 11.3 Å². The van der Waals surface area contributed by atoms with Gasteiger partial charge in [-0.1, -0.05) is 18.5 Å². The molecule has 1 aromatic rings. The van der Waals surface area contributed by atoms with E-state index in [0.29, 0.717) is 0 Å². The highest BCUT2D eigenvalue weighted by Gasteiger charge is 2.43. The van der Waals surface area contributed by atoms with E-state index in [0.717, 1.165) is 10.3 Å². The van der Waals surface area contributed by atoms with Gasteiger partial charge in [0.1, 0.15) is 0 Å². The fourth-order valence-corrected chi connectivity index (χ4v) is 4.47. The first-order chi connectivity index (χ1) is 8.99. The summed E-state index contributed by atoms with van der Waals surface area (Å²) in [5, 5.41) is 0. The minimum atomic E-state index is 0.0927. The first-order valence-electron chi connectivity index (χ1n) is 6.88. The third-order valence-electron chi connectivity index (χ3n) is 4.61. The summed E-state index contributed by atoms with van der Waals surface area (Å²) in [4.78, 5) is 3.58. The second kappa shape index (κ2) is 6.10. The molecule has 0 aromatic carbocycles. The third kappa shape index (κ3) is 2.98. The van der Waals surface area contributed by atoms with Crippen molar-refractivity contribution in [3.05, 3.63) is 21.3 Å². The van der Waals surface area contributed by atoms with Crippen molar-refractivity contribution >= 4 is 22.9 Å². The van der Waals surface area contributed by atoms with Crippen LogP contribution in [0.1, 0.15) is 43.5 Å². The van der Waals surface area contributed by atoms with Crippen LogP contribution in [0.3, 0.4) is 0 Å². The Hall–Kier alpha value is -0.130. The van der Waals surface area contributed by atoms with E-state index in [9.17, 15) is 0 Å². The van der Waals surface area contributed by atoms with Crippen molar-refractivity contribution in [3.63, 3.8) is 0 Å². The van der Waals surface area contributed by atoms with E-state index in [1.54, 1.807) is 11.3 Å². The lowest BCUT2D eigenvalue weighted by molar-refractivity contribution is 0.0440. The minimum absolute atomic E-state index is 0.0927. The standard InChI is InChI=1S/C14H24ClN3S/c1-10-6-8-14(9-7-10,18(2)3)13(17-16)11-4-5-12(15)19-11/h4-5,10,13,17H,6-9,16H2,1-3H3. The van der Waals surface area contributed by atoms with Crippen LogP contribution in [0.25, 0.3) is 0 Å². The van der Waals surface area contributed by atoms with Crippen LogP contribution in [-0.2, 0) is 0 Å². The SMILES string of the molecule is CC1CCC(C(NN)c2ccc(Cl)s2)(N(C)C)CC1. The molecule has 0 aliphatic heterocycles. The molecule has 0 spiro atoms. The normalized spacial score (nSPS) is 29.7. The van der Waals surface area contributed by atoms with E-state index in [1.165, 1.54) is 30.6 Å². The molecule has 5 heteroatoms.